The van der Waals surface area contributed by atoms with E-state index in [0.29, 0.717) is 0 Å². The second kappa shape index (κ2) is 6.61. The average molecular weight is 278 g/mol. The van der Waals surface area contributed by atoms with Crippen molar-refractivity contribution < 1.29 is 9.59 Å². The summed E-state index contributed by atoms with van der Waals surface area (Å²) in [7, 11) is 0. The lowest BCUT2D eigenvalue weighted by atomic mass is 10.1. The molecule has 1 saturated carbocycles. The van der Waals surface area contributed by atoms with Crippen LogP contribution in [0.1, 0.15) is 25.7 Å². The number of benzene rings is 1. The van der Waals surface area contributed by atoms with Crippen molar-refractivity contribution >= 4 is 29.3 Å². The summed E-state index contributed by atoms with van der Waals surface area (Å²) >= 11 is 1.35. The molecule has 1 aliphatic rings. The number of primary amides is 1. The van der Waals surface area contributed by atoms with Gasteiger partial charge in [0.15, 0.2) is 0 Å². The Balaban J connectivity index is 2.02. The molecule has 0 aromatic heterocycles. The minimum atomic E-state index is -0.359. The molecule has 0 unspecified atom stereocenters. The number of amides is 2. The third-order valence-corrected chi connectivity index (χ3v) is 4.34. The Labute approximate surface area is 117 Å². The minimum Gasteiger partial charge on any atom is -0.369 e. The van der Waals surface area contributed by atoms with Crippen molar-refractivity contribution in [3.8, 4) is 0 Å². The highest BCUT2D eigenvalue weighted by atomic mass is 32.2. The van der Waals surface area contributed by atoms with E-state index in [0.717, 1.165) is 36.3 Å². The zero-order valence-corrected chi connectivity index (χ0v) is 11.5. The normalized spacial score (nSPS) is 15.4. The number of anilines is 1. The molecule has 3 N–H and O–H groups in total. The number of carbonyl (C=O) groups is 2. The summed E-state index contributed by atoms with van der Waals surface area (Å²) in [5, 5.41) is 2.96. The standard InChI is InChI=1S/C14H18N2O2S/c15-13(17)9-19-12-8-4-3-7-11(12)16-14(18)10-5-1-2-6-10/h3-4,7-8,10H,1-2,5-6,9H2,(H2,15,17)(H,16,18). The van der Waals surface area contributed by atoms with Crippen molar-refractivity contribution in [1.29, 1.82) is 0 Å². The van der Waals surface area contributed by atoms with Crippen molar-refractivity contribution in [2.75, 3.05) is 11.1 Å². The summed E-state index contributed by atoms with van der Waals surface area (Å²) in [6.07, 6.45) is 4.22. The van der Waals surface area contributed by atoms with Crippen molar-refractivity contribution in [3.63, 3.8) is 0 Å². The van der Waals surface area contributed by atoms with Gasteiger partial charge in [-0.15, -0.1) is 11.8 Å². The summed E-state index contributed by atoms with van der Waals surface area (Å²) in [5.41, 5.74) is 5.91. The van der Waals surface area contributed by atoms with E-state index in [9.17, 15) is 9.59 Å². The number of hydrogen-bond acceptors (Lipinski definition) is 3. The maximum atomic E-state index is 12.1. The second-order valence-corrected chi connectivity index (χ2v) is 5.74. The Morgan fingerprint density at radius 1 is 1.26 bits per heavy atom. The maximum Gasteiger partial charge on any atom is 0.227 e. The van der Waals surface area contributed by atoms with Crippen molar-refractivity contribution in [2.45, 2.75) is 30.6 Å². The first-order valence-corrected chi connectivity index (χ1v) is 7.46. The highest BCUT2D eigenvalue weighted by molar-refractivity contribution is 8.00. The highest BCUT2D eigenvalue weighted by Gasteiger charge is 2.23. The van der Waals surface area contributed by atoms with Crippen molar-refractivity contribution in [3.05, 3.63) is 24.3 Å². The number of nitrogens with one attached hydrogen (secondary N) is 1. The summed E-state index contributed by atoms with van der Waals surface area (Å²) in [4.78, 5) is 23.8. The van der Waals surface area contributed by atoms with Gasteiger partial charge in [0.05, 0.1) is 11.4 Å². The molecule has 1 fully saturated rings. The van der Waals surface area contributed by atoms with Gasteiger partial charge in [0, 0.05) is 10.8 Å². The first-order chi connectivity index (χ1) is 9.16. The molecule has 0 spiro atoms. The molecule has 0 saturated heterocycles. The monoisotopic (exact) mass is 278 g/mol. The molecule has 1 aromatic rings. The molecule has 4 nitrogen and oxygen atoms in total. The number of thioether (sulfide) groups is 1. The van der Waals surface area contributed by atoms with E-state index in [1.807, 2.05) is 24.3 Å². The van der Waals surface area contributed by atoms with E-state index in [2.05, 4.69) is 5.32 Å². The Bertz CT molecular complexity index is 470. The highest BCUT2D eigenvalue weighted by Crippen LogP contribution is 2.30. The topological polar surface area (TPSA) is 72.2 Å². The Morgan fingerprint density at radius 2 is 1.95 bits per heavy atom. The minimum absolute atomic E-state index is 0.0876. The van der Waals surface area contributed by atoms with Crippen LogP contribution < -0.4 is 11.1 Å². The van der Waals surface area contributed by atoms with Gasteiger partial charge in [-0.05, 0) is 25.0 Å². The lowest BCUT2D eigenvalue weighted by Crippen LogP contribution is -2.20. The fraction of sp³-hybridized carbons (Fsp3) is 0.429. The van der Waals surface area contributed by atoms with Crippen LogP contribution in [0.3, 0.4) is 0 Å². The van der Waals surface area contributed by atoms with Gasteiger partial charge in [0.1, 0.15) is 0 Å². The van der Waals surface area contributed by atoms with Crippen LogP contribution in [0, 0.1) is 5.92 Å². The third-order valence-electron chi connectivity index (χ3n) is 3.24. The first-order valence-electron chi connectivity index (χ1n) is 6.48. The predicted molar refractivity (Wildman–Crippen MR) is 76.9 cm³/mol. The Hall–Kier alpha value is -1.49. The molecule has 1 aromatic carbocycles. The predicted octanol–water partition coefficient (Wildman–Crippen LogP) is 2.39. The van der Waals surface area contributed by atoms with Gasteiger partial charge in [0.25, 0.3) is 0 Å². The number of hydrogen-bond donors (Lipinski definition) is 2. The van der Waals surface area contributed by atoms with E-state index in [4.69, 9.17) is 5.73 Å². The van der Waals surface area contributed by atoms with Gasteiger partial charge < -0.3 is 11.1 Å². The fourth-order valence-electron chi connectivity index (χ4n) is 2.27. The van der Waals surface area contributed by atoms with Crippen LogP contribution in [0.2, 0.25) is 0 Å². The van der Waals surface area contributed by atoms with Gasteiger partial charge in [-0.3, -0.25) is 9.59 Å². The van der Waals surface area contributed by atoms with Crippen molar-refractivity contribution in [2.24, 2.45) is 11.7 Å². The average Bonchev–Trinajstić information content (AvgIpc) is 2.91. The van der Waals surface area contributed by atoms with Crippen LogP contribution in [0.25, 0.3) is 0 Å². The first kappa shape index (κ1) is 13.9. The summed E-state index contributed by atoms with van der Waals surface area (Å²) in [6.45, 7) is 0. The van der Waals surface area contributed by atoms with E-state index < -0.39 is 0 Å². The molecule has 19 heavy (non-hydrogen) atoms. The lowest BCUT2D eigenvalue weighted by Gasteiger charge is -2.13. The Morgan fingerprint density at radius 3 is 2.63 bits per heavy atom. The van der Waals surface area contributed by atoms with Gasteiger partial charge in [-0.25, -0.2) is 0 Å². The molecule has 2 amide bonds. The largest absolute Gasteiger partial charge is 0.369 e. The molecule has 2 rings (SSSR count). The number of para-hydroxylation sites is 1. The maximum absolute atomic E-state index is 12.1. The van der Waals surface area contributed by atoms with Gasteiger partial charge >= 0.3 is 0 Å². The lowest BCUT2D eigenvalue weighted by molar-refractivity contribution is -0.119. The third kappa shape index (κ3) is 3.99. The van der Waals surface area contributed by atoms with Crippen molar-refractivity contribution in [1.82, 2.24) is 0 Å². The van der Waals surface area contributed by atoms with Crippen LogP contribution in [0.4, 0.5) is 5.69 Å². The molecule has 0 heterocycles. The summed E-state index contributed by atoms with van der Waals surface area (Å²) in [5.74, 6) is 0.0804. The molecule has 0 aliphatic heterocycles. The quantitative estimate of drug-likeness (QED) is 0.812. The van der Waals surface area contributed by atoms with Gasteiger partial charge in [-0.1, -0.05) is 25.0 Å². The number of carbonyl (C=O) groups excluding carboxylic acids is 2. The van der Waals surface area contributed by atoms with E-state index in [1.54, 1.807) is 0 Å². The second-order valence-electron chi connectivity index (χ2n) is 4.72. The number of nitrogens with two attached hydrogens (primary N) is 1. The zero-order valence-electron chi connectivity index (χ0n) is 10.7. The van der Waals surface area contributed by atoms with Crippen LogP contribution in [0.15, 0.2) is 29.2 Å². The summed E-state index contributed by atoms with van der Waals surface area (Å²) < 4.78 is 0. The molecule has 0 radical (unpaired) electrons. The summed E-state index contributed by atoms with van der Waals surface area (Å²) in [6, 6.07) is 7.50. The van der Waals surface area contributed by atoms with E-state index >= 15 is 0 Å². The molecular weight excluding hydrogens is 260 g/mol. The van der Waals surface area contributed by atoms with Crippen LogP contribution in [-0.2, 0) is 9.59 Å². The van der Waals surface area contributed by atoms with Crippen LogP contribution in [-0.4, -0.2) is 17.6 Å². The van der Waals surface area contributed by atoms with Gasteiger partial charge in [0.2, 0.25) is 11.8 Å². The number of rotatable bonds is 5. The van der Waals surface area contributed by atoms with Crippen LogP contribution >= 0.6 is 11.8 Å². The molecule has 102 valence electrons. The smallest absolute Gasteiger partial charge is 0.227 e. The molecule has 0 bridgehead atoms. The van der Waals surface area contributed by atoms with Gasteiger partial charge in [-0.2, -0.15) is 0 Å². The van der Waals surface area contributed by atoms with Crippen LogP contribution in [0.5, 0.6) is 0 Å². The molecule has 5 heteroatoms. The fourth-order valence-corrected chi connectivity index (χ4v) is 3.01. The molecule has 1 aliphatic carbocycles. The molecule has 0 atom stereocenters. The SMILES string of the molecule is NC(=O)CSc1ccccc1NC(=O)C1CCCC1. The zero-order chi connectivity index (χ0) is 13.7. The van der Waals surface area contributed by atoms with E-state index in [-0.39, 0.29) is 23.5 Å². The Kier molecular flexibility index (Phi) is 4.85. The van der Waals surface area contributed by atoms with E-state index in [1.165, 1.54) is 11.8 Å². The molecular formula is C14H18N2O2S.